The summed E-state index contributed by atoms with van der Waals surface area (Å²) in [6.45, 7) is 4.09. The predicted octanol–water partition coefficient (Wildman–Crippen LogP) is 3.89. The summed E-state index contributed by atoms with van der Waals surface area (Å²) in [5, 5.41) is 19.4. The third-order valence-electron chi connectivity index (χ3n) is 2.82. The van der Waals surface area contributed by atoms with Crippen molar-refractivity contribution in [3.05, 3.63) is 48.0 Å². The molecule has 2 aromatic carbocycles. The van der Waals surface area contributed by atoms with Gasteiger partial charge in [0.05, 0.1) is 0 Å². The van der Waals surface area contributed by atoms with E-state index >= 15 is 0 Å². The highest BCUT2D eigenvalue weighted by atomic mass is 16.3. The summed E-state index contributed by atoms with van der Waals surface area (Å²) < 4.78 is 0. The molecular formula is C15H16O2. The van der Waals surface area contributed by atoms with Crippen molar-refractivity contribution in [1.29, 1.82) is 0 Å². The predicted molar refractivity (Wildman–Crippen MR) is 69.3 cm³/mol. The third kappa shape index (κ3) is 2.26. The van der Waals surface area contributed by atoms with Gasteiger partial charge in [-0.15, -0.1) is 0 Å². The van der Waals surface area contributed by atoms with Crippen molar-refractivity contribution in [2.45, 2.75) is 19.8 Å². The topological polar surface area (TPSA) is 40.5 Å². The van der Waals surface area contributed by atoms with Crippen LogP contribution < -0.4 is 0 Å². The lowest BCUT2D eigenvalue weighted by Crippen LogP contribution is -1.93. The van der Waals surface area contributed by atoms with Gasteiger partial charge in [0.2, 0.25) is 0 Å². The average Bonchev–Trinajstić information content (AvgIpc) is 2.28. The number of hydrogen-bond acceptors (Lipinski definition) is 2. The van der Waals surface area contributed by atoms with Crippen LogP contribution in [-0.4, -0.2) is 10.2 Å². The van der Waals surface area contributed by atoms with Crippen molar-refractivity contribution < 1.29 is 10.2 Å². The molecule has 0 saturated carbocycles. The second-order valence-electron chi connectivity index (χ2n) is 4.44. The maximum absolute atomic E-state index is 9.93. The fourth-order valence-corrected chi connectivity index (χ4v) is 2.08. The van der Waals surface area contributed by atoms with Gasteiger partial charge in [-0.3, -0.25) is 0 Å². The first-order valence-corrected chi connectivity index (χ1v) is 5.71. The summed E-state index contributed by atoms with van der Waals surface area (Å²) in [6, 6.07) is 12.6. The molecule has 88 valence electrons. The highest BCUT2D eigenvalue weighted by molar-refractivity contribution is 5.71. The van der Waals surface area contributed by atoms with Gasteiger partial charge in [0, 0.05) is 5.56 Å². The number of hydrogen-bond donors (Lipinski definition) is 2. The van der Waals surface area contributed by atoms with Crippen LogP contribution in [0.3, 0.4) is 0 Å². The van der Waals surface area contributed by atoms with Crippen molar-refractivity contribution in [2.75, 3.05) is 0 Å². The second kappa shape index (κ2) is 4.50. The number of aromatic hydroxyl groups is 2. The molecule has 0 spiro atoms. The lowest BCUT2D eigenvalue weighted by molar-refractivity contribution is 0.465. The van der Waals surface area contributed by atoms with Crippen LogP contribution in [0.5, 0.6) is 11.5 Å². The quantitative estimate of drug-likeness (QED) is 0.818. The number of rotatable bonds is 2. The van der Waals surface area contributed by atoms with Crippen LogP contribution in [0.2, 0.25) is 0 Å². The normalized spacial score (nSPS) is 10.8. The summed E-state index contributed by atoms with van der Waals surface area (Å²) in [5.41, 5.74) is 2.80. The van der Waals surface area contributed by atoms with Gasteiger partial charge in [0.15, 0.2) is 0 Å². The van der Waals surface area contributed by atoms with E-state index in [2.05, 4.69) is 0 Å². The minimum Gasteiger partial charge on any atom is -0.508 e. The van der Waals surface area contributed by atoms with Gasteiger partial charge in [-0.25, -0.2) is 0 Å². The number of phenols is 2. The smallest absolute Gasteiger partial charge is 0.119 e. The van der Waals surface area contributed by atoms with E-state index < -0.39 is 0 Å². The van der Waals surface area contributed by atoms with Crippen LogP contribution in [0.25, 0.3) is 11.1 Å². The first-order chi connectivity index (χ1) is 8.09. The molecule has 2 heteroatoms. The largest absolute Gasteiger partial charge is 0.508 e. The highest BCUT2D eigenvalue weighted by Gasteiger charge is 2.12. The van der Waals surface area contributed by atoms with E-state index in [4.69, 9.17) is 0 Å². The van der Waals surface area contributed by atoms with Crippen molar-refractivity contribution in [2.24, 2.45) is 0 Å². The SMILES string of the molecule is CC(C)c1c(O)cccc1-c1cccc(O)c1. The molecule has 0 aliphatic heterocycles. The molecule has 0 heterocycles. The molecule has 0 bridgehead atoms. The lowest BCUT2D eigenvalue weighted by Gasteiger charge is -2.14. The molecular weight excluding hydrogens is 212 g/mol. The molecule has 0 fully saturated rings. The van der Waals surface area contributed by atoms with E-state index in [-0.39, 0.29) is 11.7 Å². The van der Waals surface area contributed by atoms with Crippen molar-refractivity contribution in [1.82, 2.24) is 0 Å². The minimum atomic E-state index is 0.230. The molecule has 0 unspecified atom stereocenters. The Balaban J connectivity index is 2.63. The fourth-order valence-electron chi connectivity index (χ4n) is 2.08. The molecule has 0 aliphatic rings. The van der Waals surface area contributed by atoms with Crippen LogP contribution >= 0.6 is 0 Å². The molecule has 2 rings (SSSR count). The Kier molecular flexibility index (Phi) is 3.05. The summed E-state index contributed by atoms with van der Waals surface area (Å²) in [5.74, 6) is 0.773. The lowest BCUT2D eigenvalue weighted by atomic mass is 9.92. The van der Waals surface area contributed by atoms with Crippen LogP contribution in [0.4, 0.5) is 0 Å². The Morgan fingerprint density at radius 1 is 0.941 bits per heavy atom. The van der Waals surface area contributed by atoms with Gasteiger partial charge in [0.1, 0.15) is 11.5 Å². The average molecular weight is 228 g/mol. The Labute approximate surface area is 101 Å². The van der Waals surface area contributed by atoms with Crippen molar-refractivity contribution in [3.8, 4) is 22.6 Å². The van der Waals surface area contributed by atoms with Crippen LogP contribution in [0.15, 0.2) is 42.5 Å². The van der Waals surface area contributed by atoms with Crippen molar-refractivity contribution >= 4 is 0 Å². The molecule has 0 aromatic heterocycles. The molecule has 0 amide bonds. The van der Waals surface area contributed by atoms with Gasteiger partial charge in [-0.1, -0.05) is 38.1 Å². The summed E-state index contributed by atoms with van der Waals surface area (Å²) in [7, 11) is 0. The van der Waals surface area contributed by atoms with Crippen molar-refractivity contribution in [3.63, 3.8) is 0 Å². The Hall–Kier alpha value is -1.96. The maximum atomic E-state index is 9.93. The van der Waals surface area contributed by atoms with E-state index in [9.17, 15) is 10.2 Å². The number of phenolic OH excluding ortho intramolecular Hbond substituents is 2. The minimum absolute atomic E-state index is 0.230. The van der Waals surface area contributed by atoms with Gasteiger partial charge in [-0.05, 0) is 35.2 Å². The van der Waals surface area contributed by atoms with E-state index in [1.807, 2.05) is 32.0 Å². The summed E-state index contributed by atoms with van der Waals surface area (Å²) in [6.07, 6.45) is 0. The van der Waals surface area contributed by atoms with Crippen LogP contribution in [0, 0.1) is 0 Å². The Morgan fingerprint density at radius 3 is 2.29 bits per heavy atom. The molecule has 0 saturated heterocycles. The third-order valence-corrected chi connectivity index (χ3v) is 2.82. The monoisotopic (exact) mass is 228 g/mol. The Morgan fingerprint density at radius 2 is 1.65 bits per heavy atom. The second-order valence-corrected chi connectivity index (χ2v) is 4.44. The number of benzene rings is 2. The molecule has 2 aromatic rings. The summed E-state index contributed by atoms with van der Waals surface area (Å²) >= 11 is 0. The Bertz CT molecular complexity index is 530. The molecule has 2 nitrogen and oxygen atoms in total. The molecule has 0 aliphatic carbocycles. The van der Waals surface area contributed by atoms with E-state index in [0.29, 0.717) is 5.75 Å². The van der Waals surface area contributed by atoms with Gasteiger partial charge < -0.3 is 10.2 Å². The molecule has 0 radical (unpaired) electrons. The first kappa shape index (κ1) is 11.5. The summed E-state index contributed by atoms with van der Waals surface area (Å²) in [4.78, 5) is 0. The molecule has 0 atom stereocenters. The maximum Gasteiger partial charge on any atom is 0.119 e. The van der Waals surface area contributed by atoms with Crippen LogP contribution in [-0.2, 0) is 0 Å². The standard InChI is InChI=1S/C15H16O2/c1-10(2)15-13(7-4-8-14(15)17)11-5-3-6-12(16)9-11/h3-10,16-17H,1-2H3. The fraction of sp³-hybridized carbons (Fsp3) is 0.200. The zero-order chi connectivity index (χ0) is 12.4. The van der Waals surface area contributed by atoms with E-state index in [0.717, 1.165) is 16.7 Å². The van der Waals surface area contributed by atoms with Gasteiger partial charge in [0.25, 0.3) is 0 Å². The van der Waals surface area contributed by atoms with Gasteiger partial charge >= 0.3 is 0 Å². The molecule has 2 N–H and O–H groups in total. The zero-order valence-corrected chi connectivity index (χ0v) is 10.0. The van der Waals surface area contributed by atoms with E-state index in [1.54, 1.807) is 24.3 Å². The zero-order valence-electron chi connectivity index (χ0n) is 10.0. The van der Waals surface area contributed by atoms with Crippen LogP contribution in [0.1, 0.15) is 25.3 Å². The highest BCUT2D eigenvalue weighted by Crippen LogP contribution is 2.36. The molecule has 17 heavy (non-hydrogen) atoms. The van der Waals surface area contributed by atoms with Gasteiger partial charge in [-0.2, -0.15) is 0 Å². The first-order valence-electron chi connectivity index (χ1n) is 5.71. The van der Waals surface area contributed by atoms with E-state index in [1.165, 1.54) is 0 Å².